The molecule has 2 aromatic carbocycles. The third-order valence-corrected chi connectivity index (χ3v) is 9.30. The number of hydrogen-bond donors (Lipinski definition) is 2. The second-order valence-electron chi connectivity index (χ2n) is 12.1. The van der Waals surface area contributed by atoms with Crippen molar-refractivity contribution in [3.63, 3.8) is 0 Å². The van der Waals surface area contributed by atoms with Crippen LogP contribution in [0.15, 0.2) is 59.1 Å². The maximum Gasteiger partial charge on any atom is 0.212 e. The number of aliphatic hydroxyl groups excluding tert-OH is 1. The Balaban J connectivity index is 0.000000555. The van der Waals surface area contributed by atoms with Crippen LogP contribution in [-0.2, 0) is 15.1 Å². The van der Waals surface area contributed by atoms with Gasteiger partial charge in [0.15, 0.2) is 6.23 Å². The molecule has 2 fully saturated rings. The Morgan fingerprint density at radius 1 is 1.23 bits per heavy atom. The molecular formula is C35H43ClFN3O4. The molecule has 44 heavy (non-hydrogen) atoms. The number of carbonyl (C=O) groups excluding carboxylic acids is 1. The van der Waals surface area contributed by atoms with Crippen molar-refractivity contribution >= 4 is 24.2 Å². The van der Waals surface area contributed by atoms with Crippen LogP contribution in [0.4, 0.5) is 4.39 Å². The zero-order valence-electron chi connectivity index (χ0n) is 25.5. The quantitative estimate of drug-likeness (QED) is 0.220. The van der Waals surface area contributed by atoms with Gasteiger partial charge in [0.05, 0.1) is 29.4 Å². The molecule has 236 valence electrons. The number of allylic oxidation sites excluding steroid dienone is 1. The lowest BCUT2D eigenvalue weighted by Crippen LogP contribution is -2.43. The first-order valence-electron chi connectivity index (χ1n) is 15.6. The molecule has 1 aliphatic heterocycles. The van der Waals surface area contributed by atoms with Crippen LogP contribution in [0.5, 0.6) is 0 Å². The fraction of sp³-hybridized carbons (Fsp3) is 0.514. The van der Waals surface area contributed by atoms with Crippen LogP contribution in [-0.4, -0.2) is 52.5 Å². The zero-order chi connectivity index (χ0) is 31.7. The van der Waals surface area contributed by atoms with E-state index in [0.717, 1.165) is 37.1 Å². The van der Waals surface area contributed by atoms with Gasteiger partial charge in [-0.05, 0) is 80.7 Å². The fourth-order valence-corrected chi connectivity index (χ4v) is 6.53. The summed E-state index contributed by atoms with van der Waals surface area (Å²) in [5.41, 5.74) is 0.803. The maximum atomic E-state index is 16.0. The Hall–Kier alpha value is -3.09. The molecule has 0 saturated heterocycles. The van der Waals surface area contributed by atoms with Crippen molar-refractivity contribution in [1.82, 2.24) is 4.90 Å². The zero-order valence-corrected chi connectivity index (χ0v) is 26.3. The molecule has 2 N–H and O–H groups in total. The van der Waals surface area contributed by atoms with Crippen molar-refractivity contribution in [1.29, 1.82) is 5.26 Å². The van der Waals surface area contributed by atoms with Crippen LogP contribution < -0.4 is 0 Å². The number of aliphatic imine (C=N–C) groups is 1. The van der Waals surface area contributed by atoms with Crippen molar-refractivity contribution in [3.05, 3.63) is 81.6 Å². The molecular weight excluding hydrogens is 581 g/mol. The van der Waals surface area contributed by atoms with Crippen molar-refractivity contribution < 1.29 is 24.1 Å². The number of halogens is 2. The predicted molar refractivity (Wildman–Crippen MR) is 170 cm³/mol. The van der Waals surface area contributed by atoms with Crippen LogP contribution in [0.1, 0.15) is 87.6 Å². The molecule has 7 nitrogen and oxygen atoms in total. The molecule has 3 aliphatic rings. The number of benzene rings is 2. The van der Waals surface area contributed by atoms with E-state index in [4.69, 9.17) is 21.6 Å². The third kappa shape index (κ3) is 8.33. The fourth-order valence-electron chi connectivity index (χ4n) is 6.38. The molecule has 0 aromatic heterocycles. The Labute approximate surface area is 265 Å². The smallest absolute Gasteiger partial charge is 0.212 e. The van der Waals surface area contributed by atoms with Crippen LogP contribution in [0, 0.1) is 30.0 Å². The van der Waals surface area contributed by atoms with Gasteiger partial charge in [0.25, 0.3) is 0 Å². The minimum absolute atomic E-state index is 0.0846. The van der Waals surface area contributed by atoms with Crippen molar-refractivity contribution in [2.45, 2.75) is 102 Å². The SMILES string of the molecule is CCC(O)(c1cc(C)c(C(OC2CC(O)C2)N(C=O)CC2CC=C(C#N)C=N2)c(F)c1)C1CCCCC1.Clc1ccccc1. The summed E-state index contributed by atoms with van der Waals surface area (Å²) in [6, 6.07) is 14.5. The van der Waals surface area contributed by atoms with Crippen LogP contribution in [0.2, 0.25) is 5.02 Å². The van der Waals surface area contributed by atoms with E-state index < -0.39 is 23.8 Å². The molecule has 2 aliphatic carbocycles. The highest BCUT2D eigenvalue weighted by molar-refractivity contribution is 6.30. The molecule has 2 saturated carbocycles. The van der Waals surface area contributed by atoms with E-state index in [0.29, 0.717) is 48.8 Å². The first-order valence-corrected chi connectivity index (χ1v) is 16.0. The molecule has 1 heterocycles. The summed E-state index contributed by atoms with van der Waals surface area (Å²) in [7, 11) is 0. The van der Waals surface area contributed by atoms with E-state index >= 15 is 4.39 Å². The number of ether oxygens (including phenoxy) is 1. The number of rotatable bonds is 10. The van der Waals surface area contributed by atoms with E-state index in [-0.39, 0.29) is 30.2 Å². The molecule has 0 radical (unpaired) electrons. The summed E-state index contributed by atoms with van der Waals surface area (Å²) in [6.45, 7) is 3.92. The Morgan fingerprint density at radius 2 is 1.93 bits per heavy atom. The molecule has 5 rings (SSSR count). The Kier molecular flexibility index (Phi) is 12.1. The summed E-state index contributed by atoms with van der Waals surface area (Å²) in [5.74, 6) is -0.436. The van der Waals surface area contributed by atoms with Crippen molar-refractivity contribution in [3.8, 4) is 6.07 Å². The van der Waals surface area contributed by atoms with Crippen LogP contribution in [0.25, 0.3) is 0 Å². The standard InChI is InChI=1S/C29H38FN3O4.C6H5Cl/c1-3-29(36,21-7-5-4-6-8-21)22-11-19(2)27(26(30)12-22)28(37-25-13-24(35)14-25)33(18-34)17-23-10-9-20(15-31)16-32-23;7-6-4-2-1-3-5-6/h9,11-12,16,18,21,23-25,28,35-36H,3-8,10,13-14,17H2,1-2H3;1-5H. The van der Waals surface area contributed by atoms with Gasteiger partial charge in [0, 0.05) is 23.3 Å². The lowest BCUT2D eigenvalue weighted by molar-refractivity contribution is -0.164. The first-order chi connectivity index (χ1) is 21.2. The number of nitrogens with zero attached hydrogens (tertiary/aromatic N) is 3. The number of amides is 1. The number of aliphatic hydroxyl groups is 2. The van der Waals surface area contributed by atoms with Gasteiger partial charge >= 0.3 is 0 Å². The number of dihydropyridines is 1. The second kappa shape index (κ2) is 15.8. The van der Waals surface area contributed by atoms with Gasteiger partial charge in [-0.3, -0.25) is 9.79 Å². The molecule has 1 amide bonds. The minimum Gasteiger partial charge on any atom is -0.393 e. The van der Waals surface area contributed by atoms with Crippen molar-refractivity contribution in [2.75, 3.05) is 6.54 Å². The van der Waals surface area contributed by atoms with E-state index in [2.05, 4.69) is 11.1 Å². The lowest BCUT2D eigenvalue weighted by atomic mass is 9.71. The monoisotopic (exact) mass is 623 g/mol. The summed E-state index contributed by atoms with van der Waals surface area (Å²) in [6.07, 6.45) is 9.14. The van der Waals surface area contributed by atoms with Crippen molar-refractivity contribution in [2.24, 2.45) is 10.9 Å². The largest absolute Gasteiger partial charge is 0.393 e. The number of hydrogen-bond acceptors (Lipinski definition) is 6. The molecule has 0 spiro atoms. The highest BCUT2D eigenvalue weighted by atomic mass is 35.5. The van der Waals surface area contributed by atoms with Gasteiger partial charge in [-0.1, -0.05) is 68.1 Å². The van der Waals surface area contributed by atoms with Gasteiger partial charge < -0.3 is 19.8 Å². The van der Waals surface area contributed by atoms with E-state index in [1.54, 1.807) is 13.0 Å². The summed E-state index contributed by atoms with van der Waals surface area (Å²) in [5, 5.41) is 31.3. The highest BCUT2D eigenvalue weighted by Crippen LogP contribution is 2.43. The first kappa shape index (κ1) is 33.8. The summed E-state index contributed by atoms with van der Waals surface area (Å²) >= 11 is 5.54. The average Bonchev–Trinajstić information content (AvgIpc) is 3.03. The Bertz CT molecular complexity index is 1330. The second-order valence-corrected chi connectivity index (χ2v) is 12.5. The molecule has 2 aromatic rings. The molecule has 3 unspecified atom stereocenters. The molecule has 9 heteroatoms. The topological polar surface area (TPSA) is 106 Å². The van der Waals surface area contributed by atoms with Crippen LogP contribution >= 0.6 is 11.6 Å². The molecule has 3 atom stereocenters. The minimum atomic E-state index is -1.11. The van der Waals surface area contributed by atoms with E-state index in [9.17, 15) is 15.0 Å². The van der Waals surface area contributed by atoms with Gasteiger partial charge in [0.2, 0.25) is 6.41 Å². The maximum absolute atomic E-state index is 16.0. The van der Waals surface area contributed by atoms with Gasteiger partial charge in [-0.2, -0.15) is 5.26 Å². The summed E-state index contributed by atoms with van der Waals surface area (Å²) < 4.78 is 22.2. The number of carbonyl (C=O) groups is 1. The highest BCUT2D eigenvalue weighted by Gasteiger charge is 2.40. The summed E-state index contributed by atoms with van der Waals surface area (Å²) in [4.78, 5) is 18.1. The average molecular weight is 624 g/mol. The van der Waals surface area contributed by atoms with E-state index in [1.165, 1.54) is 17.2 Å². The van der Waals surface area contributed by atoms with Crippen LogP contribution in [0.3, 0.4) is 0 Å². The normalized spacial score (nSPS) is 23.6. The number of aryl methyl sites for hydroxylation is 1. The van der Waals surface area contributed by atoms with Gasteiger partial charge in [0.1, 0.15) is 11.9 Å². The lowest BCUT2D eigenvalue weighted by Gasteiger charge is -2.40. The van der Waals surface area contributed by atoms with Gasteiger partial charge in [-0.25, -0.2) is 4.39 Å². The van der Waals surface area contributed by atoms with E-state index in [1.807, 2.05) is 43.3 Å². The molecule has 0 bridgehead atoms. The third-order valence-electron chi connectivity index (χ3n) is 9.05. The number of nitriles is 1. The van der Waals surface area contributed by atoms with Gasteiger partial charge in [-0.15, -0.1) is 0 Å². The Morgan fingerprint density at radius 3 is 2.43 bits per heavy atom. The predicted octanol–water partition coefficient (Wildman–Crippen LogP) is 6.94.